The topological polar surface area (TPSA) is 55.4 Å². The van der Waals surface area contributed by atoms with Gasteiger partial charge in [-0.1, -0.05) is 30.3 Å². The van der Waals surface area contributed by atoms with Gasteiger partial charge in [-0.2, -0.15) is 0 Å². The van der Waals surface area contributed by atoms with Crippen LogP contribution in [0.4, 0.5) is 5.00 Å². The van der Waals surface area contributed by atoms with E-state index < -0.39 is 0 Å². The van der Waals surface area contributed by atoms with Crippen molar-refractivity contribution in [3.63, 3.8) is 0 Å². The number of nitrogens with one attached hydrogen (secondary N) is 1. The van der Waals surface area contributed by atoms with Crippen molar-refractivity contribution in [1.82, 2.24) is 0 Å². The molecule has 0 radical (unpaired) electrons. The molecule has 2 rings (SSSR count). The van der Waals surface area contributed by atoms with E-state index in [0.717, 1.165) is 16.0 Å². The van der Waals surface area contributed by atoms with Crippen molar-refractivity contribution in [1.29, 1.82) is 0 Å². The molecule has 0 atom stereocenters. The second kappa shape index (κ2) is 7.74. The predicted octanol–water partition coefficient (Wildman–Crippen LogP) is 4.41. The van der Waals surface area contributed by atoms with E-state index in [1.807, 2.05) is 37.3 Å². The molecule has 1 heterocycles. The SMILES string of the molecule is CCOC(=O)c1c(N/C=C/C(C)=O)sc(-c2ccccc2)c1C. The summed E-state index contributed by atoms with van der Waals surface area (Å²) in [6.45, 7) is 5.47. The van der Waals surface area contributed by atoms with Crippen LogP contribution >= 0.6 is 11.3 Å². The largest absolute Gasteiger partial charge is 0.462 e. The van der Waals surface area contributed by atoms with Gasteiger partial charge in [-0.25, -0.2) is 4.79 Å². The molecule has 0 unspecified atom stereocenters. The van der Waals surface area contributed by atoms with E-state index in [9.17, 15) is 9.59 Å². The molecule has 5 heteroatoms. The number of ether oxygens (including phenoxy) is 1. The Morgan fingerprint density at radius 1 is 1.26 bits per heavy atom. The average molecular weight is 329 g/mol. The highest BCUT2D eigenvalue weighted by atomic mass is 32.1. The first-order valence-corrected chi connectivity index (χ1v) is 8.15. The number of thiophene rings is 1. The van der Waals surface area contributed by atoms with Gasteiger partial charge in [0.2, 0.25) is 0 Å². The maximum atomic E-state index is 12.3. The van der Waals surface area contributed by atoms with E-state index in [0.29, 0.717) is 17.2 Å². The van der Waals surface area contributed by atoms with Crippen molar-refractivity contribution in [2.45, 2.75) is 20.8 Å². The minimum absolute atomic E-state index is 0.0632. The van der Waals surface area contributed by atoms with E-state index in [1.165, 1.54) is 24.3 Å². The fraction of sp³-hybridized carbons (Fsp3) is 0.222. The Bertz CT molecular complexity index is 732. The van der Waals surface area contributed by atoms with Gasteiger partial charge in [0, 0.05) is 11.1 Å². The summed E-state index contributed by atoms with van der Waals surface area (Å²) < 4.78 is 5.16. The van der Waals surface area contributed by atoms with Crippen LogP contribution in [0.2, 0.25) is 0 Å². The fourth-order valence-corrected chi connectivity index (χ4v) is 3.34. The quantitative estimate of drug-likeness (QED) is 0.630. The van der Waals surface area contributed by atoms with Crippen LogP contribution < -0.4 is 5.32 Å². The highest BCUT2D eigenvalue weighted by Crippen LogP contribution is 2.40. The number of carbonyl (C=O) groups is 2. The second-order valence-corrected chi connectivity index (χ2v) is 5.96. The molecule has 2 aromatic rings. The number of rotatable bonds is 6. The van der Waals surface area contributed by atoms with Crippen LogP contribution in [0, 0.1) is 6.92 Å². The number of hydrogen-bond donors (Lipinski definition) is 1. The maximum Gasteiger partial charge on any atom is 0.341 e. The molecule has 4 nitrogen and oxygen atoms in total. The molecule has 1 aromatic heterocycles. The van der Waals surface area contributed by atoms with Gasteiger partial charge in [-0.05, 0) is 38.0 Å². The number of carbonyl (C=O) groups excluding carboxylic acids is 2. The Balaban J connectivity index is 2.46. The minimum Gasteiger partial charge on any atom is -0.462 e. The highest BCUT2D eigenvalue weighted by Gasteiger charge is 2.22. The average Bonchev–Trinajstić information content (AvgIpc) is 2.85. The minimum atomic E-state index is -0.359. The summed E-state index contributed by atoms with van der Waals surface area (Å²) in [4.78, 5) is 24.3. The van der Waals surface area contributed by atoms with Crippen molar-refractivity contribution in [2.24, 2.45) is 0 Å². The van der Waals surface area contributed by atoms with Gasteiger partial charge in [0.15, 0.2) is 5.78 Å². The van der Waals surface area contributed by atoms with Crippen LogP contribution in [0.1, 0.15) is 29.8 Å². The summed E-state index contributed by atoms with van der Waals surface area (Å²) in [6, 6.07) is 9.88. The first-order chi connectivity index (χ1) is 11.0. The summed E-state index contributed by atoms with van der Waals surface area (Å²) in [7, 11) is 0. The van der Waals surface area contributed by atoms with Gasteiger partial charge in [0.1, 0.15) is 5.00 Å². The Hall–Kier alpha value is -2.40. The number of benzene rings is 1. The van der Waals surface area contributed by atoms with Crippen LogP contribution in [0.25, 0.3) is 10.4 Å². The molecule has 0 amide bonds. The first-order valence-electron chi connectivity index (χ1n) is 7.34. The zero-order valence-corrected chi connectivity index (χ0v) is 14.2. The molecule has 120 valence electrons. The van der Waals surface area contributed by atoms with E-state index in [-0.39, 0.29) is 11.8 Å². The summed E-state index contributed by atoms with van der Waals surface area (Å²) in [5.74, 6) is -0.422. The molecule has 0 spiro atoms. The van der Waals surface area contributed by atoms with E-state index in [4.69, 9.17) is 4.74 Å². The third kappa shape index (κ3) is 4.07. The fourth-order valence-electron chi connectivity index (χ4n) is 2.16. The molecule has 0 aliphatic heterocycles. The number of esters is 1. The number of anilines is 1. The van der Waals surface area contributed by atoms with Crippen molar-refractivity contribution in [2.75, 3.05) is 11.9 Å². The summed E-state index contributed by atoms with van der Waals surface area (Å²) in [5, 5.41) is 3.71. The Labute approximate surface area is 139 Å². The number of hydrogen-bond acceptors (Lipinski definition) is 5. The molecular weight excluding hydrogens is 310 g/mol. The molecule has 0 bridgehead atoms. The standard InChI is InChI=1S/C18H19NO3S/c1-4-22-18(21)15-13(3)16(14-8-6-5-7-9-14)23-17(15)19-11-10-12(2)20/h5-11,19H,4H2,1-3H3/b11-10+. The lowest BCUT2D eigenvalue weighted by atomic mass is 10.1. The summed E-state index contributed by atoms with van der Waals surface area (Å²) >= 11 is 1.47. The van der Waals surface area contributed by atoms with Crippen LogP contribution in [-0.2, 0) is 9.53 Å². The van der Waals surface area contributed by atoms with Crippen molar-refractivity contribution in [3.05, 3.63) is 53.7 Å². The molecule has 0 aliphatic carbocycles. The molecule has 0 aliphatic rings. The summed E-state index contributed by atoms with van der Waals surface area (Å²) in [6.07, 6.45) is 2.97. The molecule has 0 fully saturated rings. The highest BCUT2D eigenvalue weighted by molar-refractivity contribution is 7.20. The van der Waals surface area contributed by atoms with Gasteiger partial charge in [-0.3, -0.25) is 4.79 Å². The predicted molar refractivity (Wildman–Crippen MR) is 93.9 cm³/mol. The van der Waals surface area contributed by atoms with Crippen LogP contribution in [-0.4, -0.2) is 18.4 Å². The van der Waals surface area contributed by atoms with E-state index in [1.54, 1.807) is 13.1 Å². The number of allylic oxidation sites excluding steroid dienone is 1. The van der Waals surface area contributed by atoms with E-state index in [2.05, 4.69) is 5.32 Å². The van der Waals surface area contributed by atoms with Crippen LogP contribution in [0.3, 0.4) is 0 Å². The number of ketones is 1. The Morgan fingerprint density at radius 2 is 1.96 bits per heavy atom. The lowest BCUT2D eigenvalue weighted by molar-refractivity contribution is -0.112. The Morgan fingerprint density at radius 3 is 2.57 bits per heavy atom. The first kappa shape index (κ1) is 17.0. The van der Waals surface area contributed by atoms with Gasteiger partial charge in [-0.15, -0.1) is 11.3 Å². The van der Waals surface area contributed by atoms with Crippen LogP contribution in [0.5, 0.6) is 0 Å². The smallest absolute Gasteiger partial charge is 0.341 e. The molecule has 1 aromatic carbocycles. The molecule has 0 saturated heterocycles. The molecular formula is C18H19NO3S. The van der Waals surface area contributed by atoms with Gasteiger partial charge in [0.25, 0.3) is 0 Å². The third-order valence-electron chi connectivity index (χ3n) is 3.19. The summed E-state index contributed by atoms with van der Waals surface area (Å²) in [5.41, 5.74) is 2.44. The lowest BCUT2D eigenvalue weighted by Crippen LogP contribution is -2.07. The third-order valence-corrected chi connectivity index (χ3v) is 4.47. The molecule has 23 heavy (non-hydrogen) atoms. The van der Waals surface area contributed by atoms with Crippen molar-refractivity contribution in [3.8, 4) is 10.4 Å². The molecule has 0 saturated carbocycles. The second-order valence-electron chi connectivity index (χ2n) is 4.94. The zero-order chi connectivity index (χ0) is 16.8. The molecule has 1 N–H and O–H groups in total. The van der Waals surface area contributed by atoms with Gasteiger partial charge >= 0.3 is 5.97 Å². The van der Waals surface area contributed by atoms with E-state index >= 15 is 0 Å². The van der Waals surface area contributed by atoms with Crippen molar-refractivity contribution < 1.29 is 14.3 Å². The van der Waals surface area contributed by atoms with Crippen molar-refractivity contribution >= 4 is 28.1 Å². The van der Waals surface area contributed by atoms with Crippen LogP contribution in [0.15, 0.2) is 42.6 Å². The lowest BCUT2D eigenvalue weighted by Gasteiger charge is -2.05. The van der Waals surface area contributed by atoms with Gasteiger partial charge < -0.3 is 10.1 Å². The maximum absolute atomic E-state index is 12.3. The normalized spacial score (nSPS) is 10.7. The monoisotopic (exact) mass is 329 g/mol. The Kier molecular flexibility index (Phi) is 5.71. The van der Waals surface area contributed by atoms with Gasteiger partial charge in [0.05, 0.1) is 12.2 Å². The zero-order valence-electron chi connectivity index (χ0n) is 13.4.